The van der Waals surface area contributed by atoms with Crippen LogP contribution in [0.4, 0.5) is 0 Å². The number of thiazole rings is 1. The summed E-state index contributed by atoms with van der Waals surface area (Å²) in [5.74, 6) is -0.841. The van der Waals surface area contributed by atoms with Crippen LogP contribution in [-0.4, -0.2) is 22.1 Å². The normalized spacial score (nSPS) is 13.8. The van der Waals surface area contributed by atoms with Crippen LogP contribution in [0.25, 0.3) is 0 Å². The molecule has 1 aromatic rings. The summed E-state index contributed by atoms with van der Waals surface area (Å²) in [6.07, 6.45) is 0. The van der Waals surface area contributed by atoms with E-state index in [1.54, 1.807) is 18.3 Å². The highest BCUT2D eigenvalue weighted by atomic mass is 32.1. The maximum absolute atomic E-state index is 10.6. The summed E-state index contributed by atoms with van der Waals surface area (Å²) in [5.41, 5.74) is 0.962. The Morgan fingerprint density at radius 2 is 2.25 bits per heavy atom. The first-order valence-corrected chi connectivity index (χ1v) is 6.09. The molecule has 1 heterocycles. The zero-order valence-electron chi connectivity index (χ0n) is 10.1. The van der Waals surface area contributed by atoms with Crippen molar-refractivity contribution in [3.05, 3.63) is 16.1 Å². The molecule has 0 spiro atoms. The van der Waals surface area contributed by atoms with Gasteiger partial charge < -0.3 is 5.11 Å². The van der Waals surface area contributed by atoms with E-state index in [9.17, 15) is 4.79 Å². The van der Waals surface area contributed by atoms with Crippen molar-refractivity contribution in [2.45, 2.75) is 45.7 Å². The van der Waals surface area contributed by atoms with Crippen molar-refractivity contribution in [3.8, 4) is 0 Å². The van der Waals surface area contributed by atoms with Gasteiger partial charge in [-0.05, 0) is 6.92 Å². The minimum Gasteiger partial charge on any atom is -0.480 e. The SMILES string of the molecule is C[C@@H](NCc1csc(C(C)(C)C)n1)C(=O)O. The molecular formula is C11H18N2O2S. The number of nitrogens with one attached hydrogen (secondary N) is 1. The van der Waals surface area contributed by atoms with Crippen LogP contribution < -0.4 is 5.32 Å². The fourth-order valence-corrected chi connectivity index (χ4v) is 1.98. The molecule has 0 aliphatic carbocycles. The van der Waals surface area contributed by atoms with Gasteiger partial charge >= 0.3 is 5.97 Å². The largest absolute Gasteiger partial charge is 0.480 e. The molecule has 0 amide bonds. The summed E-state index contributed by atoms with van der Waals surface area (Å²) >= 11 is 1.62. The molecule has 0 aliphatic heterocycles. The Hall–Kier alpha value is -0.940. The highest BCUT2D eigenvalue weighted by molar-refractivity contribution is 7.09. The summed E-state index contributed by atoms with van der Waals surface area (Å²) in [4.78, 5) is 15.1. The van der Waals surface area contributed by atoms with Crippen LogP contribution in [0.3, 0.4) is 0 Å². The molecule has 1 rings (SSSR count). The Morgan fingerprint density at radius 3 is 2.69 bits per heavy atom. The molecule has 0 aromatic carbocycles. The lowest BCUT2D eigenvalue weighted by Crippen LogP contribution is -2.33. The van der Waals surface area contributed by atoms with Crippen LogP contribution in [0, 0.1) is 0 Å². The van der Waals surface area contributed by atoms with Gasteiger partial charge in [-0.3, -0.25) is 10.1 Å². The third kappa shape index (κ3) is 3.57. The number of aliphatic carboxylic acids is 1. The average molecular weight is 242 g/mol. The molecule has 4 nitrogen and oxygen atoms in total. The topological polar surface area (TPSA) is 62.2 Å². The lowest BCUT2D eigenvalue weighted by molar-refractivity contribution is -0.139. The Morgan fingerprint density at radius 1 is 1.62 bits per heavy atom. The molecule has 0 aliphatic rings. The van der Waals surface area contributed by atoms with Gasteiger partial charge in [-0.1, -0.05) is 20.8 Å². The van der Waals surface area contributed by atoms with Crippen molar-refractivity contribution in [1.29, 1.82) is 0 Å². The lowest BCUT2D eigenvalue weighted by Gasteiger charge is -2.13. The maximum atomic E-state index is 10.6. The average Bonchev–Trinajstić information content (AvgIpc) is 2.61. The first-order valence-electron chi connectivity index (χ1n) is 5.22. The molecule has 0 bridgehead atoms. The summed E-state index contributed by atoms with van der Waals surface area (Å²) in [6, 6.07) is -0.542. The van der Waals surface area contributed by atoms with Crippen LogP contribution >= 0.6 is 11.3 Å². The molecule has 0 unspecified atom stereocenters. The molecule has 0 saturated heterocycles. The van der Waals surface area contributed by atoms with E-state index in [1.807, 2.05) is 5.38 Å². The van der Waals surface area contributed by atoms with Gasteiger partial charge in [-0.15, -0.1) is 11.3 Å². The Balaban J connectivity index is 2.57. The molecule has 1 atom stereocenters. The van der Waals surface area contributed by atoms with Crippen LogP contribution in [0.5, 0.6) is 0 Å². The van der Waals surface area contributed by atoms with Gasteiger partial charge in [0.25, 0.3) is 0 Å². The third-order valence-electron chi connectivity index (χ3n) is 2.15. The fraction of sp³-hybridized carbons (Fsp3) is 0.636. The maximum Gasteiger partial charge on any atom is 0.320 e. The number of rotatable bonds is 4. The molecule has 0 fully saturated rings. The second-order valence-corrected chi connectivity index (χ2v) is 5.69. The van der Waals surface area contributed by atoms with Crippen molar-refractivity contribution in [1.82, 2.24) is 10.3 Å². The van der Waals surface area contributed by atoms with Crippen LogP contribution in [0.2, 0.25) is 0 Å². The number of carboxylic acids is 1. The molecule has 2 N–H and O–H groups in total. The molecule has 5 heteroatoms. The van der Waals surface area contributed by atoms with Gasteiger partial charge in [0.05, 0.1) is 10.7 Å². The summed E-state index contributed by atoms with van der Waals surface area (Å²) in [5, 5.41) is 14.7. The predicted octanol–water partition coefficient (Wildman–Crippen LogP) is 2.00. The van der Waals surface area contributed by atoms with Crippen molar-refractivity contribution < 1.29 is 9.90 Å². The van der Waals surface area contributed by atoms with Gasteiger partial charge in [0, 0.05) is 17.3 Å². The Kier molecular flexibility index (Phi) is 4.04. The Labute approximate surface area is 99.7 Å². The van der Waals surface area contributed by atoms with Crippen LogP contribution in [0.1, 0.15) is 38.4 Å². The van der Waals surface area contributed by atoms with E-state index in [4.69, 9.17) is 5.11 Å². The standard InChI is InChI=1S/C11H18N2O2S/c1-7(9(14)15)12-5-8-6-16-10(13-8)11(2,3)4/h6-7,12H,5H2,1-4H3,(H,14,15)/t7-/m1/s1. The number of nitrogens with zero attached hydrogens (tertiary/aromatic N) is 1. The summed E-state index contributed by atoms with van der Waals surface area (Å²) < 4.78 is 0. The summed E-state index contributed by atoms with van der Waals surface area (Å²) in [7, 11) is 0. The number of carboxylic acid groups (broad SMARTS) is 1. The monoisotopic (exact) mass is 242 g/mol. The molecular weight excluding hydrogens is 224 g/mol. The van der Waals surface area contributed by atoms with Gasteiger partial charge in [-0.2, -0.15) is 0 Å². The Bertz CT molecular complexity index is 368. The predicted molar refractivity (Wildman–Crippen MR) is 64.8 cm³/mol. The fourth-order valence-electron chi connectivity index (χ4n) is 1.08. The third-order valence-corrected chi connectivity index (χ3v) is 3.47. The van der Waals surface area contributed by atoms with Gasteiger partial charge in [0.1, 0.15) is 6.04 Å². The van der Waals surface area contributed by atoms with E-state index in [1.165, 1.54) is 0 Å². The highest BCUT2D eigenvalue weighted by Gasteiger charge is 2.18. The van der Waals surface area contributed by atoms with Crippen LogP contribution in [-0.2, 0) is 16.8 Å². The van der Waals surface area contributed by atoms with E-state index in [-0.39, 0.29) is 5.41 Å². The van der Waals surface area contributed by atoms with E-state index < -0.39 is 12.0 Å². The molecule has 0 radical (unpaired) electrons. The molecule has 90 valence electrons. The van der Waals surface area contributed by atoms with Crippen molar-refractivity contribution in [2.75, 3.05) is 0 Å². The van der Waals surface area contributed by atoms with Crippen molar-refractivity contribution in [3.63, 3.8) is 0 Å². The van der Waals surface area contributed by atoms with E-state index >= 15 is 0 Å². The van der Waals surface area contributed by atoms with E-state index in [0.29, 0.717) is 6.54 Å². The van der Waals surface area contributed by atoms with E-state index in [2.05, 4.69) is 31.1 Å². The van der Waals surface area contributed by atoms with Gasteiger partial charge in [-0.25, -0.2) is 4.98 Å². The second-order valence-electron chi connectivity index (χ2n) is 4.83. The highest BCUT2D eigenvalue weighted by Crippen LogP contribution is 2.25. The molecule has 16 heavy (non-hydrogen) atoms. The van der Waals surface area contributed by atoms with Crippen molar-refractivity contribution in [2.24, 2.45) is 0 Å². The number of hydrogen-bond acceptors (Lipinski definition) is 4. The second kappa shape index (κ2) is 4.93. The number of aromatic nitrogens is 1. The zero-order chi connectivity index (χ0) is 12.3. The quantitative estimate of drug-likeness (QED) is 0.847. The zero-order valence-corrected chi connectivity index (χ0v) is 10.9. The number of carbonyl (C=O) groups is 1. The molecule has 1 aromatic heterocycles. The minimum absolute atomic E-state index is 0.0569. The van der Waals surface area contributed by atoms with Crippen LogP contribution in [0.15, 0.2) is 5.38 Å². The van der Waals surface area contributed by atoms with E-state index in [0.717, 1.165) is 10.7 Å². The minimum atomic E-state index is -0.841. The first-order chi connectivity index (χ1) is 7.30. The number of hydrogen-bond donors (Lipinski definition) is 2. The van der Waals surface area contributed by atoms with Crippen molar-refractivity contribution >= 4 is 17.3 Å². The van der Waals surface area contributed by atoms with Gasteiger partial charge in [0.15, 0.2) is 0 Å². The van der Waals surface area contributed by atoms with Gasteiger partial charge in [0.2, 0.25) is 0 Å². The lowest BCUT2D eigenvalue weighted by atomic mass is 9.98. The first kappa shape index (κ1) is 13.1. The smallest absolute Gasteiger partial charge is 0.320 e. The molecule has 0 saturated carbocycles. The summed E-state index contributed by atoms with van der Waals surface area (Å²) in [6.45, 7) is 8.47.